The van der Waals surface area contributed by atoms with E-state index in [9.17, 15) is 9.59 Å². The van der Waals surface area contributed by atoms with Crippen molar-refractivity contribution in [2.24, 2.45) is 0 Å². The summed E-state index contributed by atoms with van der Waals surface area (Å²) in [7, 11) is 0. The standard InChI is InChI=1S/C22H22Cl2N4O2/c1-4-20(22(30)26-18-10-6-8-16(24)14(18)3)28-12-11-19(27-28)21(29)25-17-9-5-7-15(23)13(17)2/h5-12,20H,4H2,1-3H3,(H,25,29)(H,26,30)/t20-/m1/s1. The first-order valence-electron chi connectivity index (χ1n) is 9.49. The van der Waals surface area contributed by atoms with E-state index in [2.05, 4.69) is 15.7 Å². The molecule has 0 spiro atoms. The number of nitrogens with one attached hydrogen (secondary N) is 2. The van der Waals surface area contributed by atoms with Crippen LogP contribution in [0.4, 0.5) is 11.4 Å². The molecule has 1 heterocycles. The van der Waals surface area contributed by atoms with E-state index in [1.165, 1.54) is 4.68 Å². The molecule has 3 aromatic rings. The van der Waals surface area contributed by atoms with Gasteiger partial charge in [-0.25, -0.2) is 0 Å². The highest BCUT2D eigenvalue weighted by Gasteiger charge is 2.22. The fourth-order valence-electron chi connectivity index (χ4n) is 3.01. The van der Waals surface area contributed by atoms with E-state index >= 15 is 0 Å². The number of hydrogen-bond donors (Lipinski definition) is 2. The second-order valence-corrected chi connectivity index (χ2v) is 7.69. The molecule has 2 aromatic carbocycles. The van der Waals surface area contributed by atoms with Crippen LogP contribution in [0, 0.1) is 13.8 Å². The zero-order valence-electron chi connectivity index (χ0n) is 16.9. The van der Waals surface area contributed by atoms with Crippen LogP contribution >= 0.6 is 23.2 Å². The van der Waals surface area contributed by atoms with Crippen LogP contribution in [0.15, 0.2) is 48.7 Å². The summed E-state index contributed by atoms with van der Waals surface area (Å²) in [6.07, 6.45) is 2.12. The van der Waals surface area contributed by atoms with E-state index in [4.69, 9.17) is 23.2 Å². The quantitative estimate of drug-likeness (QED) is 0.515. The van der Waals surface area contributed by atoms with Crippen LogP contribution in [0.25, 0.3) is 0 Å². The summed E-state index contributed by atoms with van der Waals surface area (Å²) < 4.78 is 1.49. The minimum absolute atomic E-state index is 0.208. The van der Waals surface area contributed by atoms with Crippen molar-refractivity contribution in [2.45, 2.75) is 33.2 Å². The van der Waals surface area contributed by atoms with E-state index in [0.29, 0.717) is 27.8 Å². The first kappa shape index (κ1) is 21.9. The topological polar surface area (TPSA) is 76.0 Å². The Bertz CT molecular complexity index is 1090. The summed E-state index contributed by atoms with van der Waals surface area (Å²) in [5.74, 6) is -0.608. The molecule has 6 nitrogen and oxygen atoms in total. The van der Waals surface area contributed by atoms with Crippen molar-refractivity contribution in [1.29, 1.82) is 0 Å². The zero-order valence-corrected chi connectivity index (χ0v) is 18.4. The molecule has 3 rings (SSSR count). The van der Waals surface area contributed by atoms with Gasteiger partial charge in [-0.1, -0.05) is 42.3 Å². The maximum absolute atomic E-state index is 12.8. The first-order chi connectivity index (χ1) is 14.3. The van der Waals surface area contributed by atoms with E-state index < -0.39 is 6.04 Å². The minimum atomic E-state index is -0.571. The van der Waals surface area contributed by atoms with Gasteiger partial charge in [0, 0.05) is 27.6 Å². The maximum atomic E-state index is 12.8. The highest BCUT2D eigenvalue weighted by atomic mass is 35.5. The summed E-state index contributed by atoms with van der Waals surface area (Å²) in [6.45, 7) is 5.55. The molecule has 0 bridgehead atoms. The van der Waals surface area contributed by atoms with E-state index in [0.717, 1.165) is 11.1 Å². The number of halogens is 2. The van der Waals surface area contributed by atoms with Crippen molar-refractivity contribution >= 4 is 46.4 Å². The Kier molecular flexibility index (Phi) is 6.80. The molecule has 30 heavy (non-hydrogen) atoms. The van der Waals surface area contributed by atoms with Crippen molar-refractivity contribution in [2.75, 3.05) is 10.6 Å². The third-order valence-electron chi connectivity index (χ3n) is 4.89. The second-order valence-electron chi connectivity index (χ2n) is 6.87. The Balaban J connectivity index is 1.75. The molecule has 156 valence electrons. The number of rotatable bonds is 6. The van der Waals surface area contributed by atoms with Gasteiger partial charge < -0.3 is 10.6 Å². The lowest BCUT2D eigenvalue weighted by Gasteiger charge is -2.17. The molecule has 2 amide bonds. The predicted octanol–water partition coefficient (Wildman–Crippen LogP) is 5.65. The van der Waals surface area contributed by atoms with Crippen LogP contribution in [0.3, 0.4) is 0 Å². The molecule has 0 saturated carbocycles. The van der Waals surface area contributed by atoms with Crippen LogP contribution in [-0.4, -0.2) is 21.6 Å². The van der Waals surface area contributed by atoms with Crippen molar-refractivity contribution < 1.29 is 9.59 Å². The smallest absolute Gasteiger partial charge is 0.276 e. The molecular weight excluding hydrogens is 423 g/mol. The number of aromatic nitrogens is 2. The van der Waals surface area contributed by atoms with Gasteiger partial charge >= 0.3 is 0 Å². The average Bonchev–Trinajstić information content (AvgIpc) is 3.19. The lowest BCUT2D eigenvalue weighted by molar-refractivity contribution is -0.119. The molecule has 8 heteroatoms. The Morgan fingerprint density at radius 3 is 2.10 bits per heavy atom. The SMILES string of the molecule is CC[C@H](C(=O)Nc1cccc(Cl)c1C)n1ccc(C(=O)Nc2cccc(Cl)c2C)n1. The normalized spacial score (nSPS) is 11.8. The number of carbonyl (C=O) groups excluding carboxylic acids is 2. The van der Waals surface area contributed by atoms with E-state index in [-0.39, 0.29) is 17.5 Å². The van der Waals surface area contributed by atoms with Gasteiger partial charge in [0.05, 0.1) is 0 Å². The van der Waals surface area contributed by atoms with Crippen molar-refractivity contribution in [3.63, 3.8) is 0 Å². The largest absolute Gasteiger partial charge is 0.324 e. The van der Waals surface area contributed by atoms with Gasteiger partial charge in [-0.15, -0.1) is 0 Å². The van der Waals surface area contributed by atoms with Gasteiger partial charge in [-0.2, -0.15) is 5.10 Å². The van der Waals surface area contributed by atoms with Crippen LogP contribution in [0.5, 0.6) is 0 Å². The van der Waals surface area contributed by atoms with Crippen molar-refractivity contribution in [3.8, 4) is 0 Å². The van der Waals surface area contributed by atoms with Gasteiger partial charge in [-0.3, -0.25) is 14.3 Å². The Hall–Kier alpha value is -2.83. The van der Waals surface area contributed by atoms with Crippen LogP contribution < -0.4 is 10.6 Å². The molecule has 0 fully saturated rings. The number of hydrogen-bond acceptors (Lipinski definition) is 3. The second kappa shape index (κ2) is 9.32. The van der Waals surface area contributed by atoms with Crippen LogP contribution in [0.2, 0.25) is 10.0 Å². The minimum Gasteiger partial charge on any atom is -0.324 e. The molecule has 0 aliphatic rings. The van der Waals surface area contributed by atoms with Gasteiger partial charge in [0.1, 0.15) is 6.04 Å². The Morgan fingerprint density at radius 2 is 1.53 bits per heavy atom. The number of anilines is 2. The number of amides is 2. The van der Waals surface area contributed by atoms with E-state index in [1.54, 1.807) is 48.7 Å². The fraction of sp³-hybridized carbons (Fsp3) is 0.227. The fourth-order valence-corrected chi connectivity index (χ4v) is 3.36. The highest BCUT2D eigenvalue weighted by molar-refractivity contribution is 6.32. The molecule has 0 radical (unpaired) electrons. The maximum Gasteiger partial charge on any atom is 0.276 e. The third kappa shape index (κ3) is 4.66. The predicted molar refractivity (Wildman–Crippen MR) is 121 cm³/mol. The molecular formula is C22H22Cl2N4O2. The molecule has 0 unspecified atom stereocenters. The summed E-state index contributed by atoms with van der Waals surface area (Å²) in [5, 5.41) is 11.2. The van der Waals surface area contributed by atoms with Crippen molar-refractivity contribution in [3.05, 3.63) is 75.5 Å². The summed E-state index contributed by atoms with van der Waals surface area (Å²) >= 11 is 12.2. The molecule has 0 aliphatic heterocycles. The molecule has 0 aliphatic carbocycles. The molecule has 1 aromatic heterocycles. The zero-order chi connectivity index (χ0) is 21.8. The van der Waals surface area contributed by atoms with Gasteiger partial charge in [-0.05, 0) is 61.7 Å². The van der Waals surface area contributed by atoms with Gasteiger partial charge in [0.25, 0.3) is 5.91 Å². The number of carbonyl (C=O) groups is 2. The summed E-state index contributed by atoms with van der Waals surface area (Å²) in [4.78, 5) is 25.4. The molecule has 1 atom stereocenters. The lowest BCUT2D eigenvalue weighted by Crippen LogP contribution is -2.26. The lowest BCUT2D eigenvalue weighted by atomic mass is 10.1. The Labute approximate surface area is 185 Å². The first-order valence-corrected chi connectivity index (χ1v) is 10.2. The highest BCUT2D eigenvalue weighted by Crippen LogP contribution is 2.25. The Morgan fingerprint density at radius 1 is 0.967 bits per heavy atom. The number of benzene rings is 2. The molecule has 2 N–H and O–H groups in total. The van der Waals surface area contributed by atoms with E-state index in [1.807, 2.05) is 20.8 Å². The average molecular weight is 445 g/mol. The van der Waals surface area contributed by atoms with Crippen LogP contribution in [-0.2, 0) is 4.79 Å². The van der Waals surface area contributed by atoms with Crippen molar-refractivity contribution in [1.82, 2.24) is 9.78 Å². The summed E-state index contributed by atoms with van der Waals surface area (Å²) in [6, 6.07) is 11.6. The third-order valence-corrected chi connectivity index (χ3v) is 5.71. The molecule has 0 saturated heterocycles. The monoisotopic (exact) mass is 444 g/mol. The van der Waals surface area contributed by atoms with Gasteiger partial charge in [0.2, 0.25) is 5.91 Å². The summed E-state index contributed by atoms with van der Waals surface area (Å²) in [5.41, 5.74) is 3.03. The van der Waals surface area contributed by atoms with Crippen LogP contribution in [0.1, 0.15) is 41.0 Å². The number of nitrogens with zero attached hydrogens (tertiary/aromatic N) is 2. The van der Waals surface area contributed by atoms with Gasteiger partial charge in [0.15, 0.2) is 5.69 Å².